The van der Waals surface area contributed by atoms with Gasteiger partial charge >= 0.3 is 0 Å². The molecule has 1 fully saturated rings. The Morgan fingerprint density at radius 3 is 2.38 bits per heavy atom. The van der Waals surface area contributed by atoms with E-state index < -0.39 is 5.41 Å². The van der Waals surface area contributed by atoms with Gasteiger partial charge in [-0.05, 0) is 12.8 Å². The van der Waals surface area contributed by atoms with E-state index in [2.05, 4.69) is 18.0 Å². The third-order valence-corrected chi connectivity index (χ3v) is 3.18. The second-order valence-corrected chi connectivity index (χ2v) is 4.84. The Kier molecular flexibility index (Phi) is 4.82. The second kappa shape index (κ2) is 5.91. The van der Waals surface area contributed by atoms with Gasteiger partial charge in [-0.2, -0.15) is 5.26 Å². The van der Waals surface area contributed by atoms with Crippen LogP contribution in [0.15, 0.2) is 11.6 Å². The molecule has 0 atom stereocenters. The first-order chi connectivity index (χ1) is 7.60. The third kappa shape index (κ3) is 3.24. The summed E-state index contributed by atoms with van der Waals surface area (Å²) < 4.78 is 0. The van der Waals surface area contributed by atoms with Gasteiger partial charge in [-0.1, -0.05) is 43.9 Å². The second-order valence-electron chi connectivity index (χ2n) is 4.31. The fraction of sp³-hybridized carbons (Fsp3) is 0.667. The van der Waals surface area contributed by atoms with Crippen molar-refractivity contribution >= 4 is 17.5 Å². The maximum absolute atomic E-state index is 12.0. The van der Waals surface area contributed by atoms with Gasteiger partial charge in [0.05, 0.1) is 12.6 Å². The minimum Gasteiger partial charge on any atom is -0.350 e. The Hall–Kier alpha value is -1.01. The van der Waals surface area contributed by atoms with Crippen LogP contribution in [0.1, 0.15) is 38.5 Å². The van der Waals surface area contributed by atoms with E-state index in [9.17, 15) is 10.1 Å². The fourth-order valence-electron chi connectivity index (χ4n) is 2.07. The largest absolute Gasteiger partial charge is 0.350 e. The van der Waals surface area contributed by atoms with Gasteiger partial charge < -0.3 is 5.32 Å². The lowest BCUT2D eigenvalue weighted by Gasteiger charge is -2.23. The van der Waals surface area contributed by atoms with Gasteiger partial charge in [0.15, 0.2) is 0 Å². The molecule has 0 aromatic heterocycles. The maximum Gasteiger partial charge on any atom is 0.240 e. The fourth-order valence-corrected chi connectivity index (χ4v) is 2.13. The first kappa shape index (κ1) is 13.1. The highest BCUT2D eigenvalue weighted by molar-refractivity contribution is 6.29. The summed E-state index contributed by atoms with van der Waals surface area (Å²) in [7, 11) is 0. The SMILES string of the molecule is C=C(Cl)CNC(=O)C1(C#N)CCCCCC1. The molecule has 0 unspecified atom stereocenters. The van der Waals surface area contributed by atoms with Gasteiger partial charge in [0.1, 0.15) is 5.41 Å². The summed E-state index contributed by atoms with van der Waals surface area (Å²) >= 11 is 5.59. The van der Waals surface area contributed by atoms with Crippen LogP contribution in [0.5, 0.6) is 0 Å². The lowest BCUT2D eigenvalue weighted by molar-refractivity contribution is -0.128. The number of amides is 1. The molecule has 16 heavy (non-hydrogen) atoms. The van der Waals surface area contributed by atoms with Crippen LogP contribution in [-0.2, 0) is 4.79 Å². The van der Waals surface area contributed by atoms with Crippen LogP contribution < -0.4 is 5.32 Å². The van der Waals surface area contributed by atoms with Crippen LogP contribution >= 0.6 is 11.6 Å². The Balaban J connectivity index is 2.67. The van der Waals surface area contributed by atoms with Crippen molar-refractivity contribution in [3.05, 3.63) is 11.6 Å². The van der Waals surface area contributed by atoms with E-state index in [-0.39, 0.29) is 12.5 Å². The summed E-state index contributed by atoms with van der Waals surface area (Å²) in [6, 6.07) is 2.20. The van der Waals surface area contributed by atoms with Crippen molar-refractivity contribution in [3.8, 4) is 6.07 Å². The first-order valence-electron chi connectivity index (χ1n) is 5.63. The van der Waals surface area contributed by atoms with Gasteiger partial charge in [-0.25, -0.2) is 0 Å². The molecule has 0 radical (unpaired) electrons. The molecular formula is C12H17ClN2O. The van der Waals surface area contributed by atoms with Gasteiger partial charge in [-0.3, -0.25) is 4.79 Å². The lowest BCUT2D eigenvalue weighted by atomic mass is 9.81. The zero-order valence-electron chi connectivity index (χ0n) is 9.39. The predicted octanol–water partition coefficient (Wildman–Crippen LogP) is 2.72. The molecule has 88 valence electrons. The van der Waals surface area contributed by atoms with Crippen molar-refractivity contribution in [1.82, 2.24) is 5.32 Å². The van der Waals surface area contributed by atoms with Gasteiger partial charge in [0.2, 0.25) is 5.91 Å². The van der Waals surface area contributed by atoms with Crippen molar-refractivity contribution in [1.29, 1.82) is 5.26 Å². The van der Waals surface area contributed by atoms with E-state index in [0.717, 1.165) is 25.7 Å². The first-order valence-corrected chi connectivity index (χ1v) is 6.01. The van der Waals surface area contributed by atoms with Gasteiger partial charge in [-0.15, -0.1) is 0 Å². The number of hydrogen-bond acceptors (Lipinski definition) is 2. The Labute approximate surface area is 101 Å². The Morgan fingerprint density at radius 1 is 1.38 bits per heavy atom. The Morgan fingerprint density at radius 2 is 1.94 bits per heavy atom. The zero-order valence-corrected chi connectivity index (χ0v) is 10.1. The standard InChI is InChI=1S/C12H17ClN2O/c1-10(13)8-15-11(16)12(9-14)6-4-2-3-5-7-12/h1-8H2,(H,15,16). The third-order valence-electron chi connectivity index (χ3n) is 3.05. The van der Waals surface area contributed by atoms with Crippen LogP contribution in [-0.4, -0.2) is 12.5 Å². The Bertz CT molecular complexity index is 311. The molecule has 0 saturated heterocycles. The highest BCUT2D eigenvalue weighted by Crippen LogP contribution is 2.34. The number of halogens is 1. The van der Waals surface area contributed by atoms with Crippen molar-refractivity contribution < 1.29 is 4.79 Å². The number of rotatable bonds is 3. The summed E-state index contributed by atoms with van der Waals surface area (Å²) in [6.07, 6.45) is 5.43. The van der Waals surface area contributed by atoms with E-state index >= 15 is 0 Å². The smallest absolute Gasteiger partial charge is 0.240 e. The summed E-state index contributed by atoms with van der Waals surface area (Å²) in [5.41, 5.74) is -0.844. The molecule has 1 N–H and O–H groups in total. The summed E-state index contributed by atoms with van der Waals surface area (Å²) in [6.45, 7) is 3.75. The molecular weight excluding hydrogens is 224 g/mol. The summed E-state index contributed by atoms with van der Waals surface area (Å²) in [4.78, 5) is 12.0. The normalized spacial score (nSPS) is 19.2. The molecule has 0 aromatic carbocycles. The number of nitriles is 1. The molecule has 1 aliphatic rings. The quantitative estimate of drug-likeness (QED) is 0.772. The average molecular weight is 241 g/mol. The van der Waals surface area contributed by atoms with Crippen LogP contribution in [0.3, 0.4) is 0 Å². The number of carbonyl (C=O) groups is 1. The minimum atomic E-state index is -0.844. The lowest BCUT2D eigenvalue weighted by Crippen LogP contribution is -2.40. The summed E-state index contributed by atoms with van der Waals surface area (Å²) in [5.74, 6) is -0.196. The molecule has 0 heterocycles. The maximum atomic E-state index is 12.0. The van der Waals surface area contributed by atoms with Gasteiger partial charge in [0, 0.05) is 5.03 Å². The topological polar surface area (TPSA) is 52.9 Å². The van der Waals surface area contributed by atoms with E-state index in [1.54, 1.807) is 0 Å². The van der Waals surface area contributed by atoms with E-state index in [0.29, 0.717) is 17.9 Å². The number of nitrogens with one attached hydrogen (secondary N) is 1. The predicted molar refractivity (Wildman–Crippen MR) is 63.8 cm³/mol. The molecule has 0 aromatic rings. The molecule has 3 nitrogen and oxygen atoms in total. The highest BCUT2D eigenvalue weighted by atomic mass is 35.5. The highest BCUT2D eigenvalue weighted by Gasteiger charge is 2.38. The molecule has 4 heteroatoms. The van der Waals surface area contributed by atoms with E-state index in [1.807, 2.05) is 0 Å². The van der Waals surface area contributed by atoms with Crippen LogP contribution in [0.4, 0.5) is 0 Å². The monoisotopic (exact) mass is 240 g/mol. The van der Waals surface area contributed by atoms with E-state index in [1.165, 1.54) is 0 Å². The molecule has 1 amide bonds. The van der Waals surface area contributed by atoms with Crippen molar-refractivity contribution in [2.75, 3.05) is 6.54 Å². The number of carbonyl (C=O) groups excluding carboxylic acids is 1. The van der Waals surface area contributed by atoms with E-state index in [4.69, 9.17) is 11.6 Å². The van der Waals surface area contributed by atoms with Crippen molar-refractivity contribution in [2.24, 2.45) is 5.41 Å². The van der Waals surface area contributed by atoms with Crippen LogP contribution in [0.25, 0.3) is 0 Å². The molecule has 0 aliphatic heterocycles. The molecule has 0 bridgehead atoms. The van der Waals surface area contributed by atoms with Crippen molar-refractivity contribution in [3.63, 3.8) is 0 Å². The zero-order chi connectivity index (χ0) is 12.0. The minimum absolute atomic E-state index is 0.196. The van der Waals surface area contributed by atoms with Crippen LogP contribution in [0.2, 0.25) is 0 Å². The van der Waals surface area contributed by atoms with Gasteiger partial charge in [0.25, 0.3) is 0 Å². The summed E-state index contributed by atoms with van der Waals surface area (Å²) in [5, 5.41) is 12.3. The molecule has 1 aliphatic carbocycles. The number of hydrogen-bond donors (Lipinski definition) is 1. The number of nitrogens with zero attached hydrogens (tertiary/aromatic N) is 1. The molecule has 1 rings (SSSR count). The molecule has 0 spiro atoms. The average Bonchev–Trinajstić information content (AvgIpc) is 2.51. The molecule has 1 saturated carbocycles. The van der Waals surface area contributed by atoms with Crippen molar-refractivity contribution in [2.45, 2.75) is 38.5 Å². The van der Waals surface area contributed by atoms with Crippen LogP contribution in [0, 0.1) is 16.7 Å².